The highest BCUT2D eigenvalue weighted by Crippen LogP contribution is 2.16. The highest BCUT2D eigenvalue weighted by Gasteiger charge is 2.09. The van der Waals surface area contributed by atoms with Gasteiger partial charge in [0.2, 0.25) is 0 Å². The molecule has 0 heterocycles. The normalized spacial score (nSPS) is 13.3. The number of benzene rings is 1. The van der Waals surface area contributed by atoms with Crippen molar-refractivity contribution in [1.29, 1.82) is 0 Å². The van der Waals surface area contributed by atoms with Gasteiger partial charge >= 0.3 is 0 Å². The third-order valence-corrected chi connectivity index (χ3v) is 3.48. The zero-order chi connectivity index (χ0) is 17.2. The summed E-state index contributed by atoms with van der Waals surface area (Å²) in [6.45, 7) is 10.3. The summed E-state index contributed by atoms with van der Waals surface area (Å²) in [7, 11) is 1.73. The molecule has 130 valence electrons. The van der Waals surface area contributed by atoms with E-state index < -0.39 is 0 Å². The molecule has 0 aliphatic rings. The number of aryl methyl sites for hydroxylation is 1. The second-order valence-electron chi connectivity index (χ2n) is 6.20. The molecule has 0 radical (unpaired) electrons. The molecule has 4 nitrogen and oxygen atoms in total. The minimum Gasteiger partial charge on any atom is -0.381 e. The Morgan fingerprint density at radius 1 is 1.30 bits per heavy atom. The lowest BCUT2D eigenvalue weighted by molar-refractivity contribution is 0.108. The Balaban J connectivity index is 2.36. The van der Waals surface area contributed by atoms with E-state index in [0.717, 1.165) is 31.7 Å². The fourth-order valence-electron chi connectivity index (χ4n) is 2.06. The third-order valence-electron chi connectivity index (χ3n) is 3.48. The van der Waals surface area contributed by atoms with Crippen molar-refractivity contribution in [2.45, 2.75) is 40.2 Å². The van der Waals surface area contributed by atoms with Crippen LogP contribution in [0.3, 0.4) is 0 Å². The molecule has 0 spiro atoms. The lowest BCUT2D eigenvalue weighted by Crippen LogP contribution is -2.39. The van der Waals surface area contributed by atoms with Crippen LogP contribution < -0.4 is 10.6 Å². The molecule has 0 saturated carbocycles. The minimum atomic E-state index is -0.179. The molecule has 1 rings (SSSR count). The van der Waals surface area contributed by atoms with Crippen molar-refractivity contribution in [3.05, 3.63) is 35.1 Å². The molecule has 0 saturated heterocycles. The summed E-state index contributed by atoms with van der Waals surface area (Å²) in [6, 6.07) is 5.28. The summed E-state index contributed by atoms with van der Waals surface area (Å²) in [6.07, 6.45) is 0.918. The van der Waals surface area contributed by atoms with Crippen molar-refractivity contribution < 1.29 is 9.13 Å². The van der Waals surface area contributed by atoms with Crippen LogP contribution in [0.15, 0.2) is 23.2 Å². The number of halogens is 1. The fraction of sp³-hybridized carbons (Fsp3) is 0.611. The second kappa shape index (κ2) is 10.2. The topological polar surface area (TPSA) is 45.7 Å². The van der Waals surface area contributed by atoms with Gasteiger partial charge in [0.15, 0.2) is 5.96 Å². The fourth-order valence-corrected chi connectivity index (χ4v) is 2.06. The molecule has 0 aromatic heterocycles. The predicted octanol–water partition coefficient (Wildman–Crippen LogP) is 3.42. The van der Waals surface area contributed by atoms with Crippen LogP contribution in [0, 0.1) is 18.7 Å². The van der Waals surface area contributed by atoms with Crippen LogP contribution >= 0.6 is 0 Å². The number of aliphatic imine (C=N–C) groups is 1. The van der Waals surface area contributed by atoms with Crippen LogP contribution in [-0.4, -0.2) is 32.8 Å². The van der Waals surface area contributed by atoms with E-state index >= 15 is 0 Å². The first-order chi connectivity index (χ1) is 10.9. The molecule has 0 aliphatic heterocycles. The molecule has 23 heavy (non-hydrogen) atoms. The highest BCUT2D eigenvalue weighted by molar-refractivity contribution is 5.80. The van der Waals surface area contributed by atoms with E-state index in [9.17, 15) is 4.39 Å². The minimum absolute atomic E-state index is 0.0199. The molecule has 2 N–H and O–H groups in total. The summed E-state index contributed by atoms with van der Waals surface area (Å²) < 4.78 is 19.2. The van der Waals surface area contributed by atoms with Crippen molar-refractivity contribution >= 4 is 5.96 Å². The molecular formula is C18H30FN3O. The van der Waals surface area contributed by atoms with E-state index in [4.69, 9.17) is 4.74 Å². The van der Waals surface area contributed by atoms with Crippen molar-refractivity contribution in [3.63, 3.8) is 0 Å². The van der Waals surface area contributed by atoms with Gasteiger partial charge in [0.05, 0.1) is 6.04 Å². The standard InChI is InChI=1S/C18H30FN3O/c1-13(2)12-23-10-6-9-21-18(20-5)22-15(4)16-8-7-14(3)17(19)11-16/h7-8,11,13,15H,6,9-10,12H2,1-5H3,(H2,20,21,22). The number of ether oxygens (including phenoxy) is 1. The molecule has 5 heteroatoms. The molecule has 0 bridgehead atoms. The van der Waals surface area contributed by atoms with Crippen molar-refractivity contribution in [2.75, 3.05) is 26.8 Å². The second-order valence-corrected chi connectivity index (χ2v) is 6.20. The molecule has 1 unspecified atom stereocenters. The first-order valence-corrected chi connectivity index (χ1v) is 8.25. The summed E-state index contributed by atoms with van der Waals surface area (Å²) in [5.41, 5.74) is 1.56. The maximum atomic E-state index is 13.6. The van der Waals surface area contributed by atoms with Gasteiger partial charge in [-0.05, 0) is 43.4 Å². The van der Waals surface area contributed by atoms with Gasteiger partial charge in [-0.15, -0.1) is 0 Å². The SMILES string of the molecule is CN=C(NCCCOCC(C)C)NC(C)c1ccc(C)c(F)c1. The molecule has 1 atom stereocenters. The Hall–Kier alpha value is -1.62. The first-order valence-electron chi connectivity index (χ1n) is 8.25. The van der Waals surface area contributed by atoms with Gasteiger partial charge in [-0.3, -0.25) is 4.99 Å². The van der Waals surface area contributed by atoms with Crippen LogP contribution in [0.2, 0.25) is 0 Å². The number of guanidine groups is 1. The van der Waals surface area contributed by atoms with Crippen LogP contribution in [-0.2, 0) is 4.74 Å². The maximum Gasteiger partial charge on any atom is 0.191 e. The van der Waals surface area contributed by atoms with E-state index in [0.29, 0.717) is 17.4 Å². The number of nitrogens with zero attached hydrogens (tertiary/aromatic N) is 1. The molecule has 1 aromatic rings. The largest absolute Gasteiger partial charge is 0.381 e. The van der Waals surface area contributed by atoms with Crippen molar-refractivity contribution in [3.8, 4) is 0 Å². The van der Waals surface area contributed by atoms with E-state index in [-0.39, 0.29) is 11.9 Å². The van der Waals surface area contributed by atoms with Crippen LogP contribution in [0.1, 0.15) is 44.4 Å². The maximum absolute atomic E-state index is 13.6. The summed E-state index contributed by atoms with van der Waals surface area (Å²) >= 11 is 0. The van der Waals surface area contributed by atoms with E-state index in [2.05, 4.69) is 29.5 Å². The quantitative estimate of drug-likeness (QED) is 0.438. The smallest absolute Gasteiger partial charge is 0.191 e. The summed E-state index contributed by atoms with van der Waals surface area (Å²) in [5, 5.41) is 6.52. The lowest BCUT2D eigenvalue weighted by Gasteiger charge is -2.18. The van der Waals surface area contributed by atoms with Crippen molar-refractivity contribution in [1.82, 2.24) is 10.6 Å². The van der Waals surface area contributed by atoms with Gasteiger partial charge in [-0.2, -0.15) is 0 Å². The lowest BCUT2D eigenvalue weighted by atomic mass is 10.1. The predicted molar refractivity (Wildman–Crippen MR) is 94.3 cm³/mol. The Kier molecular flexibility index (Phi) is 8.62. The molecule has 0 fully saturated rings. The van der Waals surface area contributed by atoms with Gasteiger partial charge in [0.1, 0.15) is 5.82 Å². The number of rotatable bonds is 8. The van der Waals surface area contributed by atoms with E-state index in [1.165, 1.54) is 0 Å². The molecular weight excluding hydrogens is 293 g/mol. The van der Waals surface area contributed by atoms with Crippen molar-refractivity contribution in [2.24, 2.45) is 10.9 Å². The average Bonchev–Trinajstić information content (AvgIpc) is 2.51. The van der Waals surface area contributed by atoms with E-state index in [1.54, 1.807) is 26.1 Å². The van der Waals surface area contributed by atoms with Crippen LogP contribution in [0.5, 0.6) is 0 Å². The Labute approximate surface area is 139 Å². The third kappa shape index (κ3) is 7.46. The molecule has 0 aliphatic carbocycles. The Morgan fingerprint density at radius 2 is 2.04 bits per heavy atom. The highest BCUT2D eigenvalue weighted by atomic mass is 19.1. The van der Waals surface area contributed by atoms with Gasteiger partial charge < -0.3 is 15.4 Å². The monoisotopic (exact) mass is 323 g/mol. The van der Waals surface area contributed by atoms with Gasteiger partial charge in [-0.1, -0.05) is 26.0 Å². The number of nitrogens with one attached hydrogen (secondary N) is 2. The first kappa shape index (κ1) is 19.4. The van der Waals surface area contributed by atoms with Crippen LogP contribution in [0.4, 0.5) is 4.39 Å². The summed E-state index contributed by atoms with van der Waals surface area (Å²) in [4.78, 5) is 4.20. The average molecular weight is 323 g/mol. The zero-order valence-corrected chi connectivity index (χ0v) is 14.9. The van der Waals surface area contributed by atoms with Crippen LogP contribution in [0.25, 0.3) is 0 Å². The van der Waals surface area contributed by atoms with Gasteiger partial charge in [-0.25, -0.2) is 4.39 Å². The van der Waals surface area contributed by atoms with Gasteiger partial charge in [0.25, 0.3) is 0 Å². The Bertz CT molecular complexity index is 503. The number of hydrogen-bond donors (Lipinski definition) is 2. The van der Waals surface area contributed by atoms with Gasteiger partial charge in [0, 0.05) is 26.8 Å². The number of hydrogen-bond acceptors (Lipinski definition) is 2. The molecule has 0 amide bonds. The zero-order valence-electron chi connectivity index (χ0n) is 14.9. The molecule has 1 aromatic carbocycles. The Morgan fingerprint density at radius 3 is 2.65 bits per heavy atom. The van der Waals surface area contributed by atoms with E-state index in [1.807, 2.05) is 13.0 Å². The summed E-state index contributed by atoms with van der Waals surface area (Å²) in [5.74, 6) is 1.09.